The molecule has 0 radical (unpaired) electrons. The molecule has 14 heavy (non-hydrogen) atoms. The highest BCUT2D eigenvalue weighted by Crippen LogP contribution is 2.36. The van der Waals surface area contributed by atoms with Crippen molar-refractivity contribution in [3.05, 3.63) is 37.1 Å². The second-order valence-electron chi connectivity index (χ2n) is 4.38. The Kier molecular flexibility index (Phi) is 4.51. The summed E-state index contributed by atoms with van der Waals surface area (Å²) in [6.07, 6.45) is 15.3. The molecular formula is C13H21N. The Balaban J connectivity index is 2.17. The third-order valence-electron chi connectivity index (χ3n) is 2.91. The summed E-state index contributed by atoms with van der Waals surface area (Å²) in [6, 6.07) is 0. The monoisotopic (exact) mass is 191 g/mol. The molecule has 1 aliphatic carbocycles. The molecule has 0 unspecified atom stereocenters. The lowest BCUT2D eigenvalue weighted by Gasteiger charge is -2.22. The van der Waals surface area contributed by atoms with Gasteiger partial charge in [0.15, 0.2) is 0 Å². The van der Waals surface area contributed by atoms with Crippen molar-refractivity contribution in [3.63, 3.8) is 0 Å². The quantitative estimate of drug-likeness (QED) is 0.657. The van der Waals surface area contributed by atoms with E-state index < -0.39 is 0 Å². The van der Waals surface area contributed by atoms with Gasteiger partial charge in [0.25, 0.3) is 0 Å². The van der Waals surface area contributed by atoms with Crippen molar-refractivity contribution in [2.75, 3.05) is 6.54 Å². The molecule has 0 aromatic rings. The van der Waals surface area contributed by atoms with Crippen LogP contribution in [0.1, 0.15) is 32.6 Å². The number of hydrogen-bond acceptors (Lipinski definition) is 1. The lowest BCUT2D eigenvalue weighted by Crippen LogP contribution is -2.25. The maximum absolute atomic E-state index is 3.61. The number of rotatable bonds is 5. The van der Waals surface area contributed by atoms with E-state index in [4.69, 9.17) is 0 Å². The van der Waals surface area contributed by atoms with Gasteiger partial charge in [-0.25, -0.2) is 0 Å². The van der Waals surface area contributed by atoms with Crippen LogP contribution >= 0.6 is 0 Å². The van der Waals surface area contributed by atoms with Gasteiger partial charge in [-0.05, 0) is 30.5 Å². The summed E-state index contributed by atoms with van der Waals surface area (Å²) in [5.41, 5.74) is 0.534. The zero-order valence-corrected chi connectivity index (χ0v) is 9.13. The van der Waals surface area contributed by atoms with E-state index in [0.29, 0.717) is 5.41 Å². The van der Waals surface area contributed by atoms with Crippen LogP contribution in [0.3, 0.4) is 0 Å². The van der Waals surface area contributed by atoms with Crippen LogP contribution < -0.4 is 5.32 Å². The Labute approximate surface area is 87.6 Å². The average molecular weight is 191 g/mol. The minimum atomic E-state index is 0.534. The van der Waals surface area contributed by atoms with Crippen LogP contribution in [0.25, 0.3) is 0 Å². The number of hydrogen-bond donors (Lipinski definition) is 1. The van der Waals surface area contributed by atoms with Crippen LogP contribution in [0.2, 0.25) is 0 Å². The standard InChI is InChI=1S/C13H21N/c1-3-4-5-8-11-14-12-13(2)9-6-7-10-13/h3-5,8,11,14H,1,6-7,9-10,12H2,2H3/b5-4-,11-8-. The minimum absolute atomic E-state index is 0.534. The van der Waals surface area contributed by atoms with Gasteiger partial charge in [0.2, 0.25) is 0 Å². The van der Waals surface area contributed by atoms with Crippen molar-refractivity contribution in [3.8, 4) is 0 Å². The fourth-order valence-corrected chi connectivity index (χ4v) is 1.98. The van der Waals surface area contributed by atoms with Crippen molar-refractivity contribution >= 4 is 0 Å². The molecule has 0 aromatic heterocycles. The van der Waals surface area contributed by atoms with E-state index in [2.05, 4.69) is 18.8 Å². The van der Waals surface area contributed by atoms with E-state index in [9.17, 15) is 0 Å². The van der Waals surface area contributed by atoms with E-state index >= 15 is 0 Å². The van der Waals surface area contributed by atoms with E-state index in [1.54, 1.807) is 6.08 Å². The molecule has 1 rings (SSSR count). The Bertz CT molecular complexity index is 219. The third-order valence-corrected chi connectivity index (χ3v) is 2.91. The average Bonchev–Trinajstić information content (AvgIpc) is 2.59. The second kappa shape index (κ2) is 5.69. The van der Waals surface area contributed by atoms with Gasteiger partial charge in [0.05, 0.1) is 0 Å². The summed E-state index contributed by atoms with van der Waals surface area (Å²) in [4.78, 5) is 0. The molecular weight excluding hydrogens is 170 g/mol. The predicted octanol–water partition coefficient (Wildman–Crippen LogP) is 3.41. The van der Waals surface area contributed by atoms with Gasteiger partial charge < -0.3 is 5.32 Å². The van der Waals surface area contributed by atoms with Gasteiger partial charge in [0, 0.05) is 6.54 Å². The van der Waals surface area contributed by atoms with Crippen molar-refractivity contribution < 1.29 is 0 Å². The first kappa shape index (κ1) is 11.1. The normalized spacial score (nSPS) is 20.6. The van der Waals surface area contributed by atoms with Crippen molar-refractivity contribution in [1.29, 1.82) is 0 Å². The van der Waals surface area contributed by atoms with E-state index in [1.165, 1.54) is 25.7 Å². The SMILES string of the molecule is C=C/C=C\C=C/NCC1(C)CCCC1. The fourth-order valence-electron chi connectivity index (χ4n) is 1.98. The third kappa shape index (κ3) is 3.82. The molecule has 0 aromatic carbocycles. The Morgan fingerprint density at radius 2 is 1.93 bits per heavy atom. The molecule has 0 atom stereocenters. The predicted molar refractivity (Wildman–Crippen MR) is 63.1 cm³/mol. The highest BCUT2D eigenvalue weighted by atomic mass is 14.8. The largest absolute Gasteiger partial charge is 0.390 e. The summed E-state index contributed by atoms with van der Waals surface area (Å²) >= 11 is 0. The Morgan fingerprint density at radius 3 is 2.57 bits per heavy atom. The van der Waals surface area contributed by atoms with Gasteiger partial charge in [-0.3, -0.25) is 0 Å². The lowest BCUT2D eigenvalue weighted by atomic mass is 9.89. The first-order valence-electron chi connectivity index (χ1n) is 5.44. The maximum atomic E-state index is 3.61. The molecule has 0 bridgehead atoms. The van der Waals surface area contributed by atoms with Gasteiger partial charge in [0.1, 0.15) is 0 Å². The summed E-state index contributed by atoms with van der Waals surface area (Å²) in [5, 5.41) is 3.36. The van der Waals surface area contributed by atoms with Crippen LogP contribution in [-0.2, 0) is 0 Å². The molecule has 1 saturated carbocycles. The van der Waals surface area contributed by atoms with Crippen LogP contribution in [0.5, 0.6) is 0 Å². The molecule has 1 fully saturated rings. The summed E-state index contributed by atoms with van der Waals surface area (Å²) in [7, 11) is 0. The van der Waals surface area contributed by atoms with Crippen LogP contribution in [0.15, 0.2) is 37.1 Å². The molecule has 1 aliphatic rings. The summed E-state index contributed by atoms with van der Waals surface area (Å²) in [6.45, 7) is 7.09. The van der Waals surface area contributed by atoms with Gasteiger partial charge in [-0.2, -0.15) is 0 Å². The zero-order chi connectivity index (χ0) is 10.3. The van der Waals surface area contributed by atoms with E-state index in [0.717, 1.165) is 6.54 Å². The Morgan fingerprint density at radius 1 is 1.21 bits per heavy atom. The van der Waals surface area contributed by atoms with Crippen molar-refractivity contribution in [2.24, 2.45) is 5.41 Å². The fraction of sp³-hybridized carbons (Fsp3) is 0.538. The summed E-state index contributed by atoms with van der Waals surface area (Å²) < 4.78 is 0. The number of nitrogens with one attached hydrogen (secondary N) is 1. The topological polar surface area (TPSA) is 12.0 Å². The van der Waals surface area contributed by atoms with E-state index in [1.807, 2.05) is 24.4 Å². The molecule has 1 N–H and O–H groups in total. The second-order valence-corrected chi connectivity index (χ2v) is 4.38. The van der Waals surface area contributed by atoms with Gasteiger partial charge >= 0.3 is 0 Å². The highest BCUT2D eigenvalue weighted by molar-refractivity contribution is 5.08. The van der Waals surface area contributed by atoms with Crippen LogP contribution in [-0.4, -0.2) is 6.54 Å². The number of allylic oxidation sites excluding steroid dienone is 4. The molecule has 0 saturated heterocycles. The minimum Gasteiger partial charge on any atom is -0.390 e. The Hall–Kier alpha value is -0.980. The molecule has 0 aliphatic heterocycles. The van der Waals surface area contributed by atoms with Crippen molar-refractivity contribution in [1.82, 2.24) is 5.32 Å². The van der Waals surface area contributed by atoms with Crippen molar-refractivity contribution in [2.45, 2.75) is 32.6 Å². The molecule has 0 heterocycles. The highest BCUT2D eigenvalue weighted by Gasteiger charge is 2.27. The van der Waals surface area contributed by atoms with Gasteiger partial charge in [-0.15, -0.1) is 0 Å². The molecule has 1 heteroatoms. The van der Waals surface area contributed by atoms with Gasteiger partial charge in [-0.1, -0.05) is 44.6 Å². The first-order valence-corrected chi connectivity index (χ1v) is 5.44. The molecule has 0 spiro atoms. The molecule has 1 nitrogen and oxygen atoms in total. The lowest BCUT2D eigenvalue weighted by molar-refractivity contribution is 0.331. The van der Waals surface area contributed by atoms with Crippen LogP contribution in [0.4, 0.5) is 0 Å². The molecule has 0 amide bonds. The summed E-state index contributed by atoms with van der Waals surface area (Å²) in [5.74, 6) is 0. The zero-order valence-electron chi connectivity index (χ0n) is 9.13. The first-order chi connectivity index (χ1) is 6.77. The molecule has 78 valence electrons. The maximum Gasteiger partial charge on any atom is 0.0195 e. The van der Waals surface area contributed by atoms with E-state index in [-0.39, 0.29) is 0 Å². The smallest absolute Gasteiger partial charge is 0.0195 e. The van der Waals surface area contributed by atoms with Crippen LogP contribution in [0, 0.1) is 5.41 Å².